The number of alkyl halides is 1. The van der Waals surface area contributed by atoms with Crippen LogP contribution in [0, 0.1) is 0 Å². The van der Waals surface area contributed by atoms with Gasteiger partial charge in [0.15, 0.2) is 0 Å². The molecule has 2 N–H and O–H groups in total. The van der Waals surface area contributed by atoms with E-state index in [1.54, 1.807) is 39.0 Å². The summed E-state index contributed by atoms with van der Waals surface area (Å²) in [4.78, 5) is 11.5. The van der Waals surface area contributed by atoms with Gasteiger partial charge in [0.25, 0.3) is 0 Å². The van der Waals surface area contributed by atoms with Gasteiger partial charge in [0, 0.05) is 5.33 Å². The predicted molar refractivity (Wildman–Crippen MR) is 70.6 cm³/mol. The molecule has 0 aliphatic heterocycles. The molecule has 4 nitrogen and oxygen atoms in total. The van der Waals surface area contributed by atoms with Gasteiger partial charge in [-0.25, -0.2) is 4.79 Å². The van der Waals surface area contributed by atoms with Gasteiger partial charge >= 0.3 is 6.09 Å². The second kappa shape index (κ2) is 5.40. The molecule has 1 aromatic carbocycles. The zero-order valence-corrected chi connectivity index (χ0v) is 11.7. The number of aromatic hydroxyl groups is 1. The third-order valence-electron chi connectivity index (χ3n) is 1.85. The fourth-order valence-electron chi connectivity index (χ4n) is 1.18. The van der Waals surface area contributed by atoms with Gasteiger partial charge in [0.05, 0.1) is 5.69 Å². The van der Waals surface area contributed by atoms with E-state index in [-0.39, 0.29) is 5.75 Å². The summed E-state index contributed by atoms with van der Waals surface area (Å²) in [6.45, 7) is 5.33. The van der Waals surface area contributed by atoms with E-state index >= 15 is 0 Å². The molecular formula is C12H16BrNO3. The molecule has 5 heteroatoms. The van der Waals surface area contributed by atoms with Gasteiger partial charge in [-0.15, -0.1) is 0 Å². The summed E-state index contributed by atoms with van der Waals surface area (Å²) in [6.07, 6.45) is -0.584. The van der Waals surface area contributed by atoms with E-state index < -0.39 is 11.7 Å². The minimum atomic E-state index is -0.584. The van der Waals surface area contributed by atoms with Crippen molar-refractivity contribution < 1.29 is 14.6 Å². The van der Waals surface area contributed by atoms with Crippen molar-refractivity contribution in [3.05, 3.63) is 23.8 Å². The SMILES string of the molecule is CC(C)(C)OC(=O)Nc1ccc(CBr)cc1O. The Morgan fingerprint density at radius 3 is 2.59 bits per heavy atom. The molecule has 1 aromatic rings. The van der Waals surface area contributed by atoms with Gasteiger partial charge in [-0.05, 0) is 38.5 Å². The summed E-state index contributed by atoms with van der Waals surface area (Å²) < 4.78 is 5.08. The molecule has 0 saturated carbocycles. The smallest absolute Gasteiger partial charge is 0.412 e. The lowest BCUT2D eigenvalue weighted by atomic mass is 10.2. The summed E-state index contributed by atoms with van der Waals surface area (Å²) in [6, 6.07) is 5.03. The maximum absolute atomic E-state index is 11.5. The molecule has 0 spiro atoms. The Morgan fingerprint density at radius 2 is 2.12 bits per heavy atom. The summed E-state index contributed by atoms with van der Waals surface area (Å²) in [5.74, 6) is 0.0211. The Labute approximate surface area is 109 Å². The van der Waals surface area contributed by atoms with E-state index in [0.29, 0.717) is 11.0 Å². The second-order valence-corrected chi connectivity index (χ2v) is 5.17. The van der Waals surface area contributed by atoms with Gasteiger partial charge < -0.3 is 9.84 Å². The van der Waals surface area contributed by atoms with Crippen molar-refractivity contribution >= 4 is 27.7 Å². The molecule has 0 fully saturated rings. The van der Waals surface area contributed by atoms with Crippen LogP contribution in [0.4, 0.5) is 10.5 Å². The maximum atomic E-state index is 11.5. The highest BCUT2D eigenvalue weighted by Crippen LogP contribution is 2.25. The minimum Gasteiger partial charge on any atom is -0.506 e. The third kappa shape index (κ3) is 4.65. The zero-order chi connectivity index (χ0) is 13.1. The van der Waals surface area contributed by atoms with E-state index in [0.717, 1.165) is 5.56 Å². The number of hydrogen-bond donors (Lipinski definition) is 2. The molecule has 17 heavy (non-hydrogen) atoms. The van der Waals surface area contributed by atoms with Crippen molar-refractivity contribution in [2.75, 3.05) is 5.32 Å². The van der Waals surface area contributed by atoms with E-state index in [1.807, 2.05) is 0 Å². The molecule has 0 saturated heterocycles. The standard InChI is InChI=1S/C12H16BrNO3/c1-12(2,3)17-11(16)14-9-5-4-8(7-13)6-10(9)15/h4-6,15H,7H2,1-3H3,(H,14,16). The van der Waals surface area contributed by atoms with Crippen molar-refractivity contribution in [2.24, 2.45) is 0 Å². The number of halogens is 1. The van der Waals surface area contributed by atoms with E-state index in [2.05, 4.69) is 21.2 Å². The number of ether oxygens (including phenoxy) is 1. The van der Waals surface area contributed by atoms with Gasteiger partial charge in [-0.1, -0.05) is 22.0 Å². The van der Waals surface area contributed by atoms with Crippen molar-refractivity contribution in [2.45, 2.75) is 31.7 Å². The number of phenols is 1. The van der Waals surface area contributed by atoms with Crippen LogP contribution in [0.2, 0.25) is 0 Å². The molecule has 1 amide bonds. The average Bonchev–Trinajstić information content (AvgIpc) is 2.18. The molecule has 1 rings (SSSR count). The van der Waals surface area contributed by atoms with Crippen LogP contribution in [0.15, 0.2) is 18.2 Å². The van der Waals surface area contributed by atoms with Crippen molar-refractivity contribution in [3.8, 4) is 5.75 Å². The normalized spacial score (nSPS) is 11.1. The monoisotopic (exact) mass is 301 g/mol. The number of amides is 1. The highest BCUT2D eigenvalue weighted by Gasteiger charge is 2.17. The lowest BCUT2D eigenvalue weighted by Crippen LogP contribution is -2.27. The number of carbonyl (C=O) groups excluding carboxylic acids is 1. The fraction of sp³-hybridized carbons (Fsp3) is 0.417. The lowest BCUT2D eigenvalue weighted by Gasteiger charge is -2.20. The van der Waals surface area contributed by atoms with Crippen LogP contribution in [0.3, 0.4) is 0 Å². The minimum absolute atomic E-state index is 0.0211. The fourth-order valence-corrected chi connectivity index (χ4v) is 1.53. The number of carbonyl (C=O) groups is 1. The van der Waals surface area contributed by atoms with Crippen LogP contribution < -0.4 is 5.32 Å². The van der Waals surface area contributed by atoms with Crippen molar-refractivity contribution in [1.82, 2.24) is 0 Å². The van der Waals surface area contributed by atoms with Crippen LogP contribution in [0.1, 0.15) is 26.3 Å². The highest BCUT2D eigenvalue weighted by atomic mass is 79.9. The van der Waals surface area contributed by atoms with Crippen molar-refractivity contribution in [1.29, 1.82) is 0 Å². The van der Waals surface area contributed by atoms with E-state index in [1.165, 1.54) is 0 Å². The quantitative estimate of drug-likeness (QED) is 0.648. The summed E-state index contributed by atoms with van der Waals surface area (Å²) in [7, 11) is 0. The van der Waals surface area contributed by atoms with Crippen LogP contribution in [0.5, 0.6) is 5.75 Å². The third-order valence-corrected chi connectivity index (χ3v) is 2.50. The van der Waals surface area contributed by atoms with Gasteiger partial charge in [0.2, 0.25) is 0 Å². The Kier molecular flexibility index (Phi) is 4.40. The zero-order valence-electron chi connectivity index (χ0n) is 10.1. The Hall–Kier alpha value is -1.23. The first-order valence-corrected chi connectivity index (χ1v) is 6.32. The largest absolute Gasteiger partial charge is 0.506 e. The molecule has 0 radical (unpaired) electrons. The second-order valence-electron chi connectivity index (χ2n) is 4.61. The van der Waals surface area contributed by atoms with Crippen LogP contribution in [-0.2, 0) is 10.1 Å². The topological polar surface area (TPSA) is 58.6 Å². The molecular weight excluding hydrogens is 286 g/mol. The number of nitrogens with one attached hydrogen (secondary N) is 1. The average molecular weight is 302 g/mol. The first-order chi connectivity index (χ1) is 7.81. The Bertz CT molecular complexity index is 413. The summed E-state index contributed by atoms with van der Waals surface area (Å²) in [5.41, 5.74) is 0.705. The molecule has 94 valence electrons. The first-order valence-electron chi connectivity index (χ1n) is 5.19. The number of hydrogen-bond acceptors (Lipinski definition) is 3. The van der Waals surface area contributed by atoms with Crippen LogP contribution >= 0.6 is 15.9 Å². The molecule has 0 aliphatic carbocycles. The summed E-state index contributed by atoms with van der Waals surface area (Å²) >= 11 is 3.28. The first kappa shape index (κ1) is 13.8. The number of benzene rings is 1. The lowest BCUT2D eigenvalue weighted by molar-refractivity contribution is 0.0635. The molecule has 0 heterocycles. The highest BCUT2D eigenvalue weighted by molar-refractivity contribution is 9.08. The maximum Gasteiger partial charge on any atom is 0.412 e. The van der Waals surface area contributed by atoms with Crippen molar-refractivity contribution in [3.63, 3.8) is 0 Å². The summed E-state index contributed by atoms with van der Waals surface area (Å²) in [5, 5.41) is 12.8. The molecule has 0 aliphatic rings. The van der Waals surface area contributed by atoms with E-state index in [4.69, 9.17) is 4.74 Å². The molecule has 0 bridgehead atoms. The van der Waals surface area contributed by atoms with Gasteiger partial charge in [-0.2, -0.15) is 0 Å². The number of rotatable bonds is 2. The van der Waals surface area contributed by atoms with Crippen LogP contribution in [-0.4, -0.2) is 16.8 Å². The van der Waals surface area contributed by atoms with Gasteiger partial charge in [0.1, 0.15) is 11.4 Å². The number of phenolic OH excluding ortho intramolecular Hbond substituents is 1. The number of anilines is 1. The van der Waals surface area contributed by atoms with Crippen LogP contribution in [0.25, 0.3) is 0 Å². The van der Waals surface area contributed by atoms with E-state index in [9.17, 15) is 9.90 Å². The molecule has 0 unspecified atom stereocenters. The molecule has 0 aromatic heterocycles. The Morgan fingerprint density at radius 1 is 1.47 bits per heavy atom. The Balaban J connectivity index is 2.72. The predicted octanol–water partition coefficient (Wildman–Crippen LogP) is 3.63. The molecule has 0 atom stereocenters. The van der Waals surface area contributed by atoms with Gasteiger partial charge in [-0.3, -0.25) is 5.32 Å².